The van der Waals surface area contributed by atoms with Crippen molar-refractivity contribution in [3.8, 4) is 5.75 Å². The summed E-state index contributed by atoms with van der Waals surface area (Å²) in [6, 6.07) is 7.96. The number of thiazole rings is 1. The second kappa shape index (κ2) is 5.09. The van der Waals surface area contributed by atoms with E-state index in [1.165, 1.54) is 0 Å². The Hall–Kier alpha value is -1.39. The van der Waals surface area contributed by atoms with Crippen molar-refractivity contribution in [3.63, 3.8) is 0 Å². The number of para-hydroxylation sites is 1. The number of benzene rings is 1. The van der Waals surface area contributed by atoms with Gasteiger partial charge in [0, 0.05) is 17.6 Å². The molecule has 0 atom stereocenters. The average Bonchev–Trinajstić information content (AvgIpc) is 2.76. The second-order valence-electron chi connectivity index (χ2n) is 3.48. The van der Waals surface area contributed by atoms with E-state index in [1.807, 2.05) is 31.2 Å². The van der Waals surface area contributed by atoms with Gasteiger partial charge in [0.1, 0.15) is 17.4 Å². The first-order valence-corrected chi connectivity index (χ1v) is 5.93. The maximum atomic E-state index is 5.69. The summed E-state index contributed by atoms with van der Waals surface area (Å²) in [6.45, 7) is 3.08. The highest BCUT2D eigenvalue weighted by atomic mass is 32.1. The van der Waals surface area contributed by atoms with E-state index in [-0.39, 0.29) is 0 Å². The van der Waals surface area contributed by atoms with Crippen LogP contribution in [0.25, 0.3) is 0 Å². The van der Waals surface area contributed by atoms with Crippen LogP contribution in [-0.4, -0.2) is 4.98 Å². The quantitative estimate of drug-likeness (QED) is 0.884. The lowest BCUT2D eigenvalue weighted by Gasteiger charge is -2.06. The van der Waals surface area contributed by atoms with Crippen LogP contribution in [0, 0.1) is 6.92 Å². The summed E-state index contributed by atoms with van der Waals surface area (Å²) in [7, 11) is 0. The first-order chi connectivity index (χ1) is 7.79. The highest BCUT2D eigenvalue weighted by molar-refractivity contribution is 7.11. The fourth-order valence-electron chi connectivity index (χ4n) is 1.37. The third-order valence-electron chi connectivity index (χ3n) is 2.25. The Balaban J connectivity index is 1.99. The summed E-state index contributed by atoms with van der Waals surface area (Å²) in [5.74, 6) is 0.909. The zero-order valence-electron chi connectivity index (χ0n) is 9.14. The van der Waals surface area contributed by atoms with Gasteiger partial charge in [-0.25, -0.2) is 4.98 Å². The van der Waals surface area contributed by atoms with Crippen LogP contribution in [0.1, 0.15) is 15.4 Å². The standard InChI is InChI=1S/C12H14N2OS/c1-9-4-2-3-5-11(9)15-8-12-14-7-10(6-13)16-12/h2-5,7H,6,8,13H2,1H3. The Kier molecular flexibility index (Phi) is 3.54. The van der Waals surface area contributed by atoms with Crippen molar-refractivity contribution in [1.29, 1.82) is 0 Å². The number of nitrogens with two attached hydrogens (primary N) is 1. The van der Waals surface area contributed by atoms with Crippen LogP contribution < -0.4 is 10.5 Å². The van der Waals surface area contributed by atoms with E-state index in [0.717, 1.165) is 21.2 Å². The van der Waals surface area contributed by atoms with Crippen LogP contribution in [0.15, 0.2) is 30.5 Å². The van der Waals surface area contributed by atoms with Gasteiger partial charge in [-0.1, -0.05) is 18.2 Å². The molecule has 1 heterocycles. The molecule has 0 unspecified atom stereocenters. The molecule has 1 aromatic heterocycles. The number of ether oxygens (including phenoxy) is 1. The number of aryl methyl sites for hydroxylation is 1. The van der Waals surface area contributed by atoms with Crippen LogP contribution in [0.4, 0.5) is 0 Å². The summed E-state index contributed by atoms with van der Waals surface area (Å²) in [5.41, 5.74) is 6.66. The van der Waals surface area contributed by atoms with Crippen molar-refractivity contribution in [3.05, 3.63) is 45.9 Å². The number of rotatable bonds is 4. The van der Waals surface area contributed by atoms with Crippen molar-refractivity contribution >= 4 is 11.3 Å². The van der Waals surface area contributed by atoms with Crippen LogP contribution in [0.2, 0.25) is 0 Å². The SMILES string of the molecule is Cc1ccccc1OCc1ncc(CN)s1. The maximum Gasteiger partial charge on any atom is 0.140 e. The topological polar surface area (TPSA) is 48.1 Å². The molecule has 2 rings (SSSR count). The zero-order valence-corrected chi connectivity index (χ0v) is 9.96. The Morgan fingerprint density at radius 1 is 1.38 bits per heavy atom. The monoisotopic (exact) mass is 234 g/mol. The molecule has 0 saturated carbocycles. The minimum absolute atomic E-state index is 0.509. The summed E-state index contributed by atoms with van der Waals surface area (Å²) in [6.07, 6.45) is 1.81. The maximum absolute atomic E-state index is 5.69. The fourth-order valence-corrected chi connectivity index (χ4v) is 2.08. The number of hydrogen-bond donors (Lipinski definition) is 1. The molecule has 0 aliphatic heterocycles. The van der Waals surface area contributed by atoms with Gasteiger partial charge < -0.3 is 10.5 Å². The van der Waals surface area contributed by atoms with Crippen molar-refractivity contribution in [2.24, 2.45) is 5.73 Å². The fraction of sp³-hybridized carbons (Fsp3) is 0.250. The first-order valence-electron chi connectivity index (χ1n) is 5.11. The van der Waals surface area contributed by atoms with Crippen molar-refractivity contribution in [1.82, 2.24) is 4.98 Å². The molecule has 1 aromatic carbocycles. The Bertz CT molecular complexity index is 468. The van der Waals surface area contributed by atoms with Crippen molar-refractivity contribution in [2.45, 2.75) is 20.1 Å². The molecule has 0 saturated heterocycles. The lowest BCUT2D eigenvalue weighted by atomic mass is 10.2. The van der Waals surface area contributed by atoms with Crippen molar-refractivity contribution in [2.75, 3.05) is 0 Å². The lowest BCUT2D eigenvalue weighted by molar-refractivity contribution is 0.303. The van der Waals surface area contributed by atoms with E-state index >= 15 is 0 Å². The summed E-state index contributed by atoms with van der Waals surface area (Å²) >= 11 is 1.60. The van der Waals surface area contributed by atoms with E-state index < -0.39 is 0 Å². The van der Waals surface area contributed by atoms with E-state index in [4.69, 9.17) is 10.5 Å². The third-order valence-corrected chi connectivity index (χ3v) is 3.24. The zero-order chi connectivity index (χ0) is 11.4. The molecular formula is C12H14N2OS. The minimum atomic E-state index is 0.509. The molecular weight excluding hydrogens is 220 g/mol. The Labute approximate surface area is 98.9 Å². The normalized spacial score (nSPS) is 10.4. The third kappa shape index (κ3) is 2.59. The largest absolute Gasteiger partial charge is 0.486 e. The highest BCUT2D eigenvalue weighted by Gasteiger charge is 2.03. The predicted molar refractivity (Wildman–Crippen MR) is 65.5 cm³/mol. The molecule has 0 bridgehead atoms. The molecule has 2 aromatic rings. The molecule has 0 aliphatic carbocycles. The smallest absolute Gasteiger partial charge is 0.140 e. The molecule has 0 amide bonds. The summed E-state index contributed by atoms with van der Waals surface area (Å²) in [5, 5.41) is 0.962. The molecule has 0 spiro atoms. The van der Waals surface area contributed by atoms with E-state index in [1.54, 1.807) is 17.5 Å². The van der Waals surface area contributed by atoms with Crippen LogP contribution in [0.5, 0.6) is 5.75 Å². The lowest BCUT2D eigenvalue weighted by Crippen LogP contribution is -1.95. The summed E-state index contributed by atoms with van der Waals surface area (Å²) < 4.78 is 5.69. The molecule has 2 N–H and O–H groups in total. The van der Waals surface area contributed by atoms with Gasteiger partial charge in [-0.3, -0.25) is 0 Å². The van der Waals surface area contributed by atoms with Gasteiger partial charge in [0.2, 0.25) is 0 Å². The van der Waals surface area contributed by atoms with E-state index in [9.17, 15) is 0 Å². The molecule has 3 nitrogen and oxygen atoms in total. The van der Waals surface area contributed by atoms with E-state index in [2.05, 4.69) is 4.98 Å². The number of aromatic nitrogens is 1. The molecule has 0 aliphatic rings. The van der Waals surface area contributed by atoms with Crippen LogP contribution >= 0.6 is 11.3 Å². The molecule has 16 heavy (non-hydrogen) atoms. The van der Waals surface area contributed by atoms with E-state index in [0.29, 0.717) is 13.2 Å². The van der Waals surface area contributed by atoms with Crippen molar-refractivity contribution < 1.29 is 4.74 Å². The number of nitrogens with zero attached hydrogens (tertiary/aromatic N) is 1. The number of hydrogen-bond acceptors (Lipinski definition) is 4. The Morgan fingerprint density at radius 3 is 2.88 bits per heavy atom. The Morgan fingerprint density at radius 2 is 2.19 bits per heavy atom. The predicted octanol–water partition coefficient (Wildman–Crippen LogP) is 2.49. The highest BCUT2D eigenvalue weighted by Crippen LogP contribution is 2.19. The van der Waals surface area contributed by atoms with Crippen LogP contribution in [-0.2, 0) is 13.2 Å². The van der Waals surface area contributed by atoms with Gasteiger partial charge in [0.05, 0.1) is 0 Å². The average molecular weight is 234 g/mol. The molecule has 4 heteroatoms. The second-order valence-corrected chi connectivity index (χ2v) is 4.68. The first kappa shape index (κ1) is 11.1. The minimum Gasteiger partial charge on any atom is -0.486 e. The van der Waals surface area contributed by atoms with Gasteiger partial charge in [-0.15, -0.1) is 11.3 Å². The molecule has 84 valence electrons. The molecule has 0 radical (unpaired) electrons. The van der Waals surface area contributed by atoms with Crippen LogP contribution in [0.3, 0.4) is 0 Å². The van der Waals surface area contributed by atoms with Gasteiger partial charge >= 0.3 is 0 Å². The van der Waals surface area contributed by atoms with Gasteiger partial charge in [-0.2, -0.15) is 0 Å². The molecule has 0 fully saturated rings. The van der Waals surface area contributed by atoms with Gasteiger partial charge in [-0.05, 0) is 18.6 Å². The van der Waals surface area contributed by atoms with Gasteiger partial charge in [0.15, 0.2) is 0 Å². The summed E-state index contributed by atoms with van der Waals surface area (Å²) in [4.78, 5) is 5.33. The van der Waals surface area contributed by atoms with Gasteiger partial charge in [0.25, 0.3) is 0 Å².